The van der Waals surface area contributed by atoms with Gasteiger partial charge < -0.3 is 5.32 Å². The number of aromatic nitrogens is 3. The van der Waals surface area contributed by atoms with E-state index in [2.05, 4.69) is 15.4 Å². The van der Waals surface area contributed by atoms with Gasteiger partial charge in [-0.05, 0) is 32.9 Å². The molecule has 0 unspecified atom stereocenters. The van der Waals surface area contributed by atoms with Gasteiger partial charge in [0.25, 0.3) is 5.91 Å². The minimum absolute atomic E-state index is 0.181. The first-order chi connectivity index (χ1) is 11.9. The van der Waals surface area contributed by atoms with Crippen LogP contribution in [0.2, 0.25) is 0 Å². The van der Waals surface area contributed by atoms with Crippen LogP contribution in [-0.2, 0) is 7.05 Å². The number of nitrogens with one attached hydrogen (secondary N) is 1. The number of amides is 1. The Kier molecular flexibility index (Phi) is 4.67. The van der Waals surface area contributed by atoms with Crippen molar-refractivity contribution in [3.63, 3.8) is 0 Å². The SMILES string of the molecule is Cc1nc(-c2ccccc2F)sc1C(=O)N[C@@H](C)c1cnn(C)c1C. The van der Waals surface area contributed by atoms with Gasteiger partial charge in [-0.3, -0.25) is 9.48 Å². The van der Waals surface area contributed by atoms with Crippen molar-refractivity contribution in [1.29, 1.82) is 0 Å². The molecule has 0 radical (unpaired) electrons. The number of rotatable bonds is 4. The third-order valence-electron chi connectivity index (χ3n) is 4.19. The van der Waals surface area contributed by atoms with Crippen LogP contribution in [0.4, 0.5) is 4.39 Å². The molecule has 0 aliphatic rings. The molecule has 3 aromatic rings. The van der Waals surface area contributed by atoms with Crippen LogP contribution in [0.1, 0.15) is 39.6 Å². The zero-order valence-corrected chi connectivity index (χ0v) is 15.3. The molecule has 0 aliphatic carbocycles. The van der Waals surface area contributed by atoms with Crippen molar-refractivity contribution in [2.75, 3.05) is 0 Å². The molecule has 130 valence electrons. The largest absolute Gasteiger partial charge is 0.345 e. The highest BCUT2D eigenvalue weighted by Gasteiger charge is 2.21. The first kappa shape index (κ1) is 17.3. The molecule has 7 heteroatoms. The maximum Gasteiger partial charge on any atom is 0.263 e. The fourth-order valence-corrected chi connectivity index (χ4v) is 3.63. The third kappa shape index (κ3) is 3.32. The van der Waals surface area contributed by atoms with Crippen LogP contribution in [0.3, 0.4) is 0 Å². The number of hydrogen-bond donors (Lipinski definition) is 1. The van der Waals surface area contributed by atoms with E-state index in [-0.39, 0.29) is 17.8 Å². The van der Waals surface area contributed by atoms with Crippen molar-refractivity contribution >= 4 is 17.2 Å². The van der Waals surface area contributed by atoms with Crippen LogP contribution < -0.4 is 5.32 Å². The molecular weight excluding hydrogens is 339 g/mol. The Balaban J connectivity index is 1.84. The lowest BCUT2D eigenvalue weighted by Crippen LogP contribution is -2.26. The van der Waals surface area contributed by atoms with E-state index in [1.807, 2.05) is 20.9 Å². The summed E-state index contributed by atoms with van der Waals surface area (Å²) in [7, 11) is 1.86. The molecular formula is C18H19FN4OS. The number of hydrogen-bond acceptors (Lipinski definition) is 4. The average molecular weight is 358 g/mol. The normalized spacial score (nSPS) is 12.2. The lowest BCUT2D eigenvalue weighted by atomic mass is 10.1. The molecule has 1 amide bonds. The summed E-state index contributed by atoms with van der Waals surface area (Å²) >= 11 is 1.20. The lowest BCUT2D eigenvalue weighted by molar-refractivity contribution is 0.0943. The number of carbonyl (C=O) groups is 1. The predicted octanol–water partition coefficient (Wildman–Crippen LogP) is 3.79. The number of aryl methyl sites for hydroxylation is 2. The van der Waals surface area contributed by atoms with Gasteiger partial charge in [-0.1, -0.05) is 12.1 Å². The minimum Gasteiger partial charge on any atom is -0.345 e. The zero-order valence-electron chi connectivity index (χ0n) is 14.5. The molecule has 5 nitrogen and oxygen atoms in total. The molecule has 25 heavy (non-hydrogen) atoms. The maximum absolute atomic E-state index is 14.0. The number of carbonyl (C=O) groups excluding carboxylic acids is 1. The second-order valence-electron chi connectivity index (χ2n) is 5.92. The Hall–Kier alpha value is -2.54. The van der Waals surface area contributed by atoms with Gasteiger partial charge in [-0.25, -0.2) is 9.37 Å². The van der Waals surface area contributed by atoms with E-state index in [4.69, 9.17) is 0 Å². The van der Waals surface area contributed by atoms with Gasteiger partial charge in [0.1, 0.15) is 15.7 Å². The van der Waals surface area contributed by atoms with Crippen LogP contribution in [-0.4, -0.2) is 20.7 Å². The number of nitrogens with zero attached hydrogens (tertiary/aromatic N) is 3. The molecule has 1 aromatic carbocycles. The highest BCUT2D eigenvalue weighted by molar-refractivity contribution is 7.17. The van der Waals surface area contributed by atoms with Crippen LogP contribution in [0, 0.1) is 19.7 Å². The summed E-state index contributed by atoms with van der Waals surface area (Å²) in [6, 6.07) is 6.25. The van der Waals surface area contributed by atoms with Crippen molar-refractivity contribution in [1.82, 2.24) is 20.1 Å². The van der Waals surface area contributed by atoms with Gasteiger partial charge in [-0.2, -0.15) is 5.10 Å². The summed E-state index contributed by atoms with van der Waals surface area (Å²) in [4.78, 5) is 17.5. The highest BCUT2D eigenvalue weighted by Crippen LogP contribution is 2.30. The highest BCUT2D eigenvalue weighted by atomic mass is 32.1. The van der Waals surface area contributed by atoms with Gasteiger partial charge in [0, 0.05) is 23.9 Å². The second-order valence-corrected chi connectivity index (χ2v) is 6.92. The Morgan fingerprint density at radius 3 is 2.68 bits per heavy atom. The second kappa shape index (κ2) is 6.76. The Morgan fingerprint density at radius 1 is 1.32 bits per heavy atom. The summed E-state index contributed by atoms with van der Waals surface area (Å²) in [5.74, 6) is -0.559. The van der Waals surface area contributed by atoms with E-state index < -0.39 is 0 Å². The fourth-order valence-electron chi connectivity index (χ4n) is 2.64. The molecule has 2 aromatic heterocycles. The third-order valence-corrected chi connectivity index (χ3v) is 5.38. The van der Waals surface area contributed by atoms with Crippen molar-refractivity contribution < 1.29 is 9.18 Å². The van der Waals surface area contributed by atoms with Crippen LogP contribution in [0.25, 0.3) is 10.6 Å². The summed E-state index contributed by atoms with van der Waals surface area (Å²) in [5.41, 5.74) is 2.97. The minimum atomic E-state index is -0.345. The van der Waals surface area contributed by atoms with Crippen molar-refractivity contribution in [2.24, 2.45) is 7.05 Å². The molecule has 3 rings (SSSR count). The first-order valence-electron chi connectivity index (χ1n) is 7.90. The zero-order chi connectivity index (χ0) is 18.1. The predicted molar refractivity (Wildman–Crippen MR) is 96.1 cm³/mol. The first-order valence-corrected chi connectivity index (χ1v) is 8.71. The van der Waals surface area contributed by atoms with E-state index >= 15 is 0 Å². The molecule has 2 heterocycles. The number of thiazole rings is 1. The molecule has 0 saturated carbocycles. The number of benzene rings is 1. The van der Waals surface area contributed by atoms with Crippen LogP contribution in [0.5, 0.6) is 0 Å². The van der Waals surface area contributed by atoms with Gasteiger partial charge >= 0.3 is 0 Å². The molecule has 0 saturated heterocycles. The van der Waals surface area contributed by atoms with Crippen molar-refractivity contribution in [3.8, 4) is 10.6 Å². The molecule has 0 spiro atoms. The monoisotopic (exact) mass is 358 g/mol. The number of halogens is 1. The van der Waals surface area contributed by atoms with Crippen molar-refractivity contribution in [3.05, 3.63) is 58.1 Å². The van der Waals surface area contributed by atoms with E-state index in [0.29, 0.717) is 21.1 Å². The van der Waals surface area contributed by atoms with Gasteiger partial charge in [0.2, 0.25) is 0 Å². The Labute approximate surface area is 149 Å². The maximum atomic E-state index is 14.0. The van der Waals surface area contributed by atoms with Gasteiger partial charge in [-0.15, -0.1) is 11.3 Å². The quantitative estimate of drug-likeness (QED) is 0.772. The summed E-state index contributed by atoms with van der Waals surface area (Å²) in [5, 5.41) is 7.68. The molecule has 0 aliphatic heterocycles. The Bertz CT molecular complexity index is 931. The summed E-state index contributed by atoms with van der Waals surface area (Å²) < 4.78 is 15.7. The summed E-state index contributed by atoms with van der Waals surface area (Å²) in [6.45, 7) is 5.63. The topological polar surface area (TPSA) is 59.8 Å². The van der Waals surface area contributed by atoms with Gasteiger partial charge in [0.05, 0.1) is 17.9 Å². The lowest BCUT2D eigenvalue weighted by Gasteiger charge is -2.13. The van der Waals surface area contributed by atoms with Crippen molar-refractivity contribution in [2.45, 2.75) is 26.8 Å². The van der Waals surface area contributed by atoms with Gasteiger partial charge in [0.15, 0.2) is 0 Å². The molecule has 1 atom stereocenters. The Morgan fingerprint density at radius 2 is 2.04 bits per heavy atom. The molecule has 0 fully saturated rings. The standard InChI is InChI=1S/C18H19FN4OS/c1-10(14-9-20-23(4)12(14)3)21-17(24)16-11(2)22-18(25-16)13-7-5-6-8-15(13)19/h5-10H,1-4H3,(H,21,24)/t10-/m0/s1. The van der Waals surface area contributed by atoms with Crippen LogP contribution in [0.15, 0.2) is 30.5 Å². The van der Waals surface area contributed by atoms with E-state index in [9.17, 15) is 9.18 Å². The average Bonchev–Trinajstić information content (AvgIpc) is 3.11. The molecule has 1 N–H and O–H groups in total. The van der Waals surface area contributed by atoms with E-state index in [0.717, 1.165) is 11.3 Å². The van der Waals surface area contributed by atoms with E-state index in [1.54, 1.807) is 36.0 Å². The van der Waals surface area contributed by atoms with E-state index in [1.165, 1.54) is 17.4 Å². The fraction of sp³-hybridized carbons (Fsp3) is 0.278. The summed E-state index contributed by atoms with van der Waals surface area (Å²) in [6.07, 6.45) is 1.75. The van der Waals surface area contributed by atoms with Crippen LogP contribution >= 0.6 is 11.3 Å². The molecule has 0 bridgehead atoms. The smallest absolute Gasteiger partial charge is 0.263 e.